The number of benzene rings is 2. The fourth-order valence-corrected chi connectivity index (χ4v) is 3.32. The SMILES string of the molecule is COC(=O)c1cc2c(OCCCc3ccccc3N)ccc(Cl)c2n1C.Cl. The van der Waals surface area contributed by atoms with Gasteiger partial charge in [-0.05, 0) is 42.7 Å². The van der Waals surface area contributed by atoms with Crippen LogP contribution in [0, 0.1) is 0 Å². The average Bonchev–Trinajstić information content (AvgIpc) is 2.99. The molecule has 0 unspecified atom stereocenters. The molecule has 5 nitrogen and oxygen atoms in total. The van der Waals surface area contributed by atoms with Crippen molar-refractivity contribution in [3.8, 4) is 5.75 Å². The highest BCUT2D eigenvalue weighted by atomic mass is 35.5. The van der Waals surface area contributed by atoms with Crippen LogP contribution in [0.15, 0.2) is 42.5 Å². The molecule has 0 saturated carbocycles. The predicted octanol–water partition coefficient (Wildman–Crippen LogP) is 4.63. The van der Waals surface area contributed by atoms with E-state index in [1.807, 2.05) is 30.3 Å². The van der Waals surface area contributed by atoms with E-state index in [2.05, 4.69) is 0 Å². The van der Waals surface area contributed by atoms with Crippen molar-refractivity contribution in [2.45, 2.75) is 12.8 Å². The van der Waals surface area contributed by atoms with Gasteiger partial charge in [0.25, 0.3) is 0 Å². The molecule has 0 aliphatic rings. The molecule has 3 rings (SSSR count). The quantitative estimate of drug-likeness (QED) is 0.366. The van der Waals surface area contributed by atoms with E-state index in [4.69, 9.17) is 26.8 Å². The van der Waals surface area contributed by atoms with Crippen molar-refractivity contribution < 1.29 is 14.3 Å². The Balaban J connectivity index is 0.00000261. The number of aryl methyl sites for hydroxylation is 2. The smallest absolute Gasteiger partial charge is 0.354 e. The Hall–Kier alpha value is -2.37. The fraction of sp³-hybridized carbons (Fsp3) is 0.250. The highest BCUT2D eigenvalue weighted by Gasteiger charge is 2.18. The van der Waals surface area contributed by atoms with Gasteiger partial charge in [0.2, 0.25) is 0 Å². The Bertz CT molecular complexity index is 954. The molecule has 1 aromatic heterocycles. The maximum atomic E-state index is 11.9. The van der Waals surface area contributed by atoms with E-state index >= 15 is 0 Å². The Morgan fingerprint density at radius 1 is 1.22 bits per heavy atom. The van der Waals surface area contributed by atoms with Crippen LogP contribution in [0.1, 0.15) is 22.5 Å². The van der Waals surface area contributed by atoms with Gasteiger partial charge in [0.1, 0.15) is 11.4 Å². The van der Waals surface area contributed by atoms with Crippen LogP contribution >= 0.6 is 24.0 Å². The number of nitrogens with two attached hydrogens (primary N) is 1. The van der Waals surface area contributed by atoms with Crippen LogP contribution in [-0.4, -0.2) is 24.3 Å². The lowest BCUT2D eigenvalue weighted by atomic mass is 10.1. The van der Waals surface area contributed by atoms with E-state index < -0.39 is 5.97 Å². The highest BCUT2D eigenvalue weighted by molar-refractivity contribution is 6.35. The molecule has 27 heavy (non-hydrogen) atoms. The molecule has 3 aromatic rings. The summed E-state index contributed by atoms with van der Waals surface area (Å²) in [7, 11) is 3.14. The van der Waals surface area contributed by atoms with Crippen LogP contribution < -0.4 is 10.5 Å². The molecule has 2 aromatic carbocycles. The maximum Gasteiger partial charge on any atom is 0.354 e. The zero-order chi connectivity index (χ0) is 18.7. The van der Waals surface area contributed by atoms with Gasteiger partial charge in [-0.1, -0.05) is 29.8 Å². The number of anilines is 1. The number of rotatable bonds is 6. The summed E-state index contributed by atoms with van der Waals surface area (Å²) in [5, 5.41) is 1.35. The summed E-state index contributed by atoms with van der Waals surface area (Å²) in [6, 6.07) is 13.2. The first-order chi connectivity index (χ1) is 12.5. The summed E-state index contributed by atoms with van der Waals surface area (Å²) in [5.74, 6) is 0.279. The number of halogens is 2. The Kier molecular flexibility index (Phi) is 6.99. The van der Waals surface area contributed by atoms with Crippen LogP contribution in [0.3, 0.4) is 0 Å². The Morgan fingerprint density at radius 3 is 2.67 bits per heavy atom. The van der Waals surface area contributed by atoms with Gasteiger partial charge in [-0.3, -0.25) is 0 Å². The van der Waals surface area contributed by atoms with Gasteiger partial charge in [0.15, 0.2) is 0 Å². The summed E-state index contributed by atoms with van der Waals surface area (Å²) < 4.78 is 12.5. The molecule has 0 fully saturated rings. The van der Waals surface area contributed by atoms with Gasteiger partial charge in [-0.25, -0.2) is 4.79 Å². The van der Waals surface area contributed by atoms with Crippen molar-refractivity contribution in [1.29, 1.82) is 0 Å². The van der Waals surface area contributed by atoms with E-state index in [9.17, 15) is 4.79 Å². The minimum absolute atomic E-state index is 0. The number of nitrogen functional groups attached to an aromatic ring is 1. The molecule has 2 N–H and O–H groups in total. The van der Waals surface area contributed by atoms with Gasteiger partial charge >= 0.3 is 5.97 Å². The van der Waals surface area contributed by atoms with Gasteiger partial charge in [0, 0.05) is 18.1 Å². The molecule has 0 atom stereocenters. The number of hydrogen-bond acceptors (Lipinski definition) is 4. The maximum absolute atomic E-state index is 11.9. The first-order valence-electron chi connectivity index (χ1n) is 8.35. The molecule has 0 saturated heterocycles. The summed E-state index contributed by atoms with van der Waals surface area (Å²) in [5.41, 5.74) is 9.05. The molecule has 0 aliphatic carbocycles. The molecule has 7 heteroatoms. The lowest BCUT2D eigenvalue weighted by Gasteiger charge is -2.10. The van der Waals surface area contributed by atoms with E-state index in [1.54, 1.807) is 23.7 Å². The molecule has 0 radical (unpaired) electrons. The second kappa shape index (κ2) is 9.02. The molecule has 0 aliphatic heterocycles. The minimum Gasteiger partial charge on any atom is -0.493 e. The van der Waals surface area contributed by atoms with Crippen LogP contribution in [0.25, 0.3) is 10.9 Å². The van der Waals surface area contributed by atoms with E-state index in [-0.39, 0.29) is 12.4 Å². The van der Waals surface area contributed by atoms with Crippen molar-refractivity contribution in [1.82, 2.24) is 4.57 Å². The first-order valence-corrected chi connectivity index (χ1v) is 8.73. The zero-order valence-corrected chi connectivity index (χ0v) is 16.8. The third-order valence-corrected chi connectivity index (χ3v) is 4.71. The number of hydrogen-bond donors (Lipinski definition) is 1. The summed E-state index contributed by atoms with van der Waals surface area (Å²) in [4.78, 5) is 11.9. The van der Waals surface area contributed by atoms with E-state index in [1.165, 1.54) is 7.11 Å². The van der Waals surface area contributed by atoms with Crippen molar-refractivity contribution in [2.75, 3.05) is 19.5 Å². The fourth-order valence-electron chi connectivity index (χ4n) is 3.03. The standard InChI is InChI=1S/C20H21ClN2O3.ClH/c1-23-17(20(24)25-2)12-14-18(10-9-15(21)19(14)23)26-11-5-7-13-6-3-4-8-16(13)22;/h3-4,6,8-10,12H,5,7,11,22H2,1-2H3;1H. The third kappa shape index (κ3) is 4.31. The van der Waals surface area contributed by atoms with Crippen molar-refractivity contribution in [3.63, 3.8) is 0 Å². The number of esters is 1. The average molecular weight is 409 g/mol. The monoisotopic (exact) mass is 408 g/mol. The number of carbonyl (C=O) groups is 1. The van der Waals surface area contributed by atoms with Gasteiger partial charge in [-0.2, -0.15) is 0 Å². The van der Waals surface area contributed by atoms with Gasteiger partial charge in [-0.15, -0.1) is 12.4 Å². The van der Waals surface area contributed by atoms with Crippen LogP contribution in [0.4, 0.5) is 5.69 Å². The number of fused-ring (bicyclic) bond motifs is 1. The van der Waals surface area contributed by atoms with Crippen LogP contribution in [0.2, 0.25) is 5.02 Å². The van der Waals surface area contributed by atoms with Gasteiger partial charge < -0.3 is 19.8 Å². The van der Waals surface area contributed by atoms with Crippen molar-refractivity contribution in [3.05, 3.63) is 58.7 Å². The lowest BCUT2D eigenvalue weighted by Crippen LogP contribution is -2.07. The van der Waals surface area contributed by atoms with Crippen LogP contribution in [-0.2, 0) is 18.2 Å². The molecular weight excluding hydrogens is 387 g/mol. The summed E-state index contributed by atoms with van der Waals surface area (Å²) >= 11 is 6.31. The van der Waals surface area contributed by atoms with Gasteiger partial charge in [0.05, 0.1) is 24.3 Å². The van der Waals surface area contributed by atoms with E-state index in [0.29, 0.717) is 23.1 Å². The number of para-hydroxylation sites is 1. The molecule has 0 amide bonds. The van der Waals surface area contributed by atoms with Crippen molar-refractivity contribution in [2.24, 2.45) is 7.05 Å². The molecule has 0 spiro atoms. The number of nitrogens with zero attached hydrogens (tertiary/aromatic N) is 1. The molecule has 1 heterocycles. The number of aromatic nitrogens is 1. The topological polar surface area (TPSA) is 66.5 Å². The number of ether oxygens (including phenoxy) is 2. The largest absolute Gasteiger partial charge is 0.493 e. The predicted molar refractivity (Wildman–Crippen MR) is 111 cm³/mol. The Labute approximate surface area is 169 Å². The number of carbonyl (C=O) groups excluding carboxylic acids is 1. The first kappa shape index (κ1) is 20.9. The number of methoxy groups -OCH3 is 1. The summed E-state index contributed by atoms with van der Waals surface area (Å²) in [6.07, 6.45) is 1.67. The summed E-state index contributed by atoms with van der Waals surface area (Å²) in [6.45, 7) is 0.535. The zero-order valence-electron chi connectivity index (χ0n) is 15.2. The second-order valence-electron chi connectivity index (χ2n) is 6.04. The molecule has 144 valence electrons. The van der Waals surface area contributed by atoms with E-state index in [0.717, 1.165) is 35.0 Å². The van der Waals surface area contributed by atoms with Crippen molar-refractivity contribution >= 4 is 46.6 Å². The lowest BCUT2D eigenvalue weighted by molar-refractivity contribution is 0.0590. The molecule has 0 bridgehead atoms. The van der Waals surface area contributed by atoms with Crippen LogP contribution in [0.5, 0.6) is 5.75 Å². The highest BCUT2D eigenvalue weighted by Crippen LogP contribution is 2.34. The Morgan fingerprint density at radius 2 is 1.96 bits per heavy atom. The molecular formula is C20H22Cl2N2O3. The minimum atomic E-state index is -0.412. The second-order valence-corrected chi connectivity index (χ2v) is 6.45. The normalized spacial score (nSPS) is 10.5. The third-order valence-electron chi connectivity index (χ3n) is 4.40.